The minimum absolute atomic E-state index is 2.00. The van der Waals surface area contributed by atoms with Crippen molar-refractivity contribution in [2.75, 3.05) is 0 Å². The van der Waals surface area contributed by atoms with Crippen LogP contribution in [-0.2, 0) is 0 Å². The van der Waals surface area contributed by atoms with E-state index in [1.165, 1.54) is 0 Å². The van der Waals surface area contributed by atoms with Crippen LogP contribution in [0.2, 0.25) is 0 Å². The largest absolute Gasteiger partial charge is 0.459 e. The van der Waals surface area contributed by atoms with E-state index in [1.807, 2.05) is 36.4 Å². The number of halogens is 7. The molecule has 0 radical (unpaired) electrons. The Labute approximate surface area is 86.7 Å². The van der Waals surface area contributed by atoms with Crippen LogP contribution in [0.3, 0.4) is 0 Å². The van der Waals surface area contributed by atoms with Crippen molar-refractivity contribution in [3.63, 3.8) is 0 Å². The third kappa shape index (κ3) is 4.50. The van der Waals surface area contributed by atoms with Gasteiger partial charge in [0, 0.05) is 0 Å². The molecule has 0 bridgehead atoms. The van der Waals surface area contributed by atoms with E-state index >= 15 is 0 Å². The SMILES string of the molecule is FC(F)C(F)(F)C(F)(F)F.c1ccccc1. The zero-order chi connectivity index (χ0) is 12.8. The fraction of sp³-hybridized carbons (Fsp3) is 0.333. The molecular weight excluding hydrogens is 241 g/mol. The molecule has 0 saturated heterocycles. The van der Waals surface area contributed by atoms with Crippen LogP contribution in [-0.4, -0.2) is 18.5 Å². The average molecular weight is 248 g/mol. The molecule has 92 valence electrons. The maximum atomic E-state index is 11.2. The zero-order valence-corrected chi connectivity index (χ0v) is 7.69. The number of benzene rings is 1. The van der Waals surface area contributed by atoms with E-state index in [-0.39, 0.29) is 0 Å². The third-order valence-electron chi connectivity index (χ3n) is 1.32. The van der Waals surface area contributed by atoms with E-state index in [0.717, 1.165) is 0 Å². The molecule has 0 aliphatic carbocycles. The molecule has 0 N–H and O–H groups in total. The van der Waals surface area contributed by atoms with Crippen molar-refractivity contribution in [3.8, 4) is 0 Å². The van der Waals surface area contributed by atoms with Crippen LogP contribution >= 0.6 is 0 Å². The first-order chi connectivity index (χ1) is 7.19. The fourth-order valence-corrected chi connectivity index (χ4v) is 0.509. The van der Waals surface area contributed by atoms with Crippen LogP contribution in [0.25, 0.3) is 0 Å². The average Bonchev–Trinajstić information content (AvgIpc) is 2.19. The van der Waals surface area contributed by atoms with E-state index in [9.17, 15) is 30.7 Å². The van der Waals surface area contributed by atoms with Gasteiger partial charge in [-0.05, 0) is 0 Å². The molecule has 0 fully saturated rings. The van der Waals surface area contributed by atoms with Crippen molar-refractivity contribution in [1.29, 1.82) is 0 Å². The van der Waals surface area contributed by atoms with E-state index in [2.05, 4.69) is 0 Å². The van der Waals surface area contributed by atoms with Crippen molar-refractivity contribution < 1.29 is 30.7 Å². The Balaban J connectivity index is 0.000000315. The molecule has 0 spiro atoms. The zero-order valence-electron chi connectivity index (χ0n) is 7.69. The Kier molecular flexibility index (Phi) is 5.26. The van der Waals surface area contributed by atoms with Gasteiger partial charge in [0.2, 0.25) is 0 Å². The molecule has 0 aliphatic heterocycles. The molecule has 0 aliphatic rings. The van der Waals surface area contributed by atoms with Gasteiger partial charge in [-0.2, -0.15) is 22.0 Å². The topological polar surface area (TPSA) is 0 Å². The summed E-state index contributed by atoms with van der Waals surface area (Å²) in [5.74, 6) is -5.90. The van der Waals surface area contributed by atoms with Gasteiger partial charge in [-0.25, -0.2) is 8.78 Å². The fourth-order valence-electron chi connectivity index (χ4n) is 0.509. The standard InChI is InChI=1S/C6H6.C3HF7/c1-2-4-6-5-3-1;4-1(5)2(6,7)3(8,9)10/h1-6H;1H. The molecule has 0 saturated carbocycles. The van der Waals surface area contributed by atoms with E-state index < -0.39 is 18.5 Å². The molecule has 0 amide bonds. The Morgan fingerprint density at radius 1 is 0.625 bits per heavy atom. The van der Waals surface area contributed by atoms with Gasteiger partial charge in [-0.1, -0.05) is 36.4 Å². The van der Waals surface area contributed by atoms with Gasteiger partial charge in [-0.3, -0.25) is 0 Å². The molecule has 7 heteroatoms. The van der Waals surface area contributed by atoms with Gasteiger partial charge in [0.05, 0.1) is 0 Å². The first-order valence-corrected chi connectivity index (χ1v) is 3.92. The number of alkyl halides is 7. The van der Waals surface area contributed by atoms with Gasteiger partial charge >= 0.3 is 18.5 Å². The monoisotopic (exact) mass is 248 g/mol. The lowest BCUT2D eigenvalue weighted by molar-refractivity contribution is -0.320. The lowest BCUT2D eigenvalue weighted by Gasteiger charge is -2.17. The Hall–Kier alpha value is -1.27. The summed E-state index contributed by atoms with van der Waals surface area (Å²) in [7, 11) is 0. The van der Waals surface area contributed by atoms with Gasteiger partial charge in [0.25, 0.3) is 0 Å². The molecule has 16 heavy (non-hydrogen) atoms. The summed E-state index contributed by atoms with van der Waals surface area (Å²) in [5.41, 5.74) is 0. The highest BCUT2D eigenvalue weighted by Crippen LogP contribution is 2.39. The lowest BCUT2D eigenvalue weighted by Crippen LogP contribution is -2.42. The highest BCUT2D eigenvalue weighted by molar-refractivity contribution is 4.99. The maximum Gasteiger partial charge on any atom is 0.459 e. The van der Waals surface area contributed by atoms with Crippen LogP contribution in [0.1, 0.15) is 0 Å². The number of hydrogen-bond acceptors (Lipinski definition) is 0. The summed E-state index contributed by atoms with van der Waals surface area (Å²) in [6, 6.07) is 12.0. The number of rotatable bonds is 1. The third-order valence-corrected chi connectivity index (χ3v) is 1.32. The predicted molar refractivity (Wildman–Crippen MR) is 43.4 cm³/mol. The Bertz CT molecular complexity index is 251. The number of hydrogen-bond donors (Lipinski definition) is 0. The van der Waals surface area contributed by atoms with Crippen molar-refractivity contribution in [3.05, 3.63) is 36.4 Å². The first-order valence-electron chi connectivity index (χ1n) is 3.92. The second kappa shape index (κ2) is 5.72. The van der Waals surface area contributed by atoms with Gasteiger partial charge < -0.3 is 0 Å². The molecule has 1 aromatic carbocycles. The van der Waals surface area contributed by atoms with Crippen molar-refractivity contribution in [2.24, 2.45) is 0 Å². The maximum absolute atomic E-state index is 11.2. The first kappa shape index (κ1) is 14.7. The highest BCUT2D eigenvalue weighted by Gasteiger charge is 2.64. The summed E-state index contributed by atoms with van der Waals surface area (Å²) in [6.07, 6.45) is -10.9. The van der Waals surface area contributed by atoms with E-state index in [1.54, 1.807) is 0 Å². The van der Waals surface area contributed by atoms with Crippen molar-refractivity contribution >= 4 is 0 Å². The van der Waals surface area contributed by atoms with Gasteiger partial charge in [0.15, 0.2) is 0 Å². The van der Waals surface area contributed by atoms with E-state index in [4.69, 9.17) is 0 Å². The second-order valence-corrected chi connectivity index (χ2v) is 2.58. The minimum Gasteiger partial charge on any atom is -0.203 e. The summed E-state index contributed by atoms with van der Waals surface area (Å²) in [5, 5.41) is 0. The van der Waals surface area contributed by atoms with E-state index in [0.29, 0.717) is 0 Å². The smallest absolute Gasteiger partial charge is 0.203 e. The molecule has 0 aromatic heterocycles. The lowest BCUT2D eigenvalue weighted by atomic mass is 10.3. The van der Waals surface area contributed by atoms with Gasteiger partial charge in [-0.15, -0.1) is 0 Å². The molecule has 1 rings (SSSR count). The Morgan fingerprint density at radius 2 is 0.875 bits per heavy atom. The quantitative estimate of drug-likeness (QED) is 0.655. The van der Waals surface area contributed by atoms with Crippen LogP contribution in [0.15, 0.2) is 36.4 Å². The van der Waals surface area contributed by atoms with Crippen LogP contribution in [0, 0.1) is 0 Å². The molecule has 0 atom stereocenters. The van der Waals surface area contributed by atoms with Gasteiger partial charge in [0.1, 0.15) is 0 Å². The Morgan fingerprint density at radius 3 is 0.938 bits per heavy atom. The molecule has 1 aromatic rings. The molecule has 0 heterocycles. The summed E-state index contributed by atoms with van der Waals surface area (Å²) in [6.45, 7) is 0. The minimum atomic E-state index is -6.17. The molecule has 0 unspecified atom stereocenters. The summed E-state index contributed by atoms with van der Waals surface area (Å²) in [4.78, 5) is 0. The summed E-state index contributed by atoms with van der Waals surface area (Å²) >= 11 is 0. The van der Waals surface area contributed by atoms with Crippen LogP contribution in [0.4, 0.5) is 30.7 Å². The highest BCUT2D eigenvalue weighted by atomic mass is 19.4. The summed E-state index contributed by atoms with van der Waals surface area (Å²) < 4.78 is 76.6. The molecule has 0 nitrogen and oxygen atoms in total. The second-order valence-electron chi connectivity index (χ2n) is 2.58. The predicted octanol–water partition coefficient (Wildman–Crippen LogP) is 4.14. The van der Waals surface area contributed by atoms with Crippen LogP contribution < -0.4 is 0 Å². The van der Waals surface area contributed by atoms with Crippen LogP contribution in [0.5, 0.6) is 0 Å². The van der Waals surface area contributed by atoms with Crippen molar-refractivity contribution in [1.82, 2.24) is 0 Å². The molecular formula is C9H7F7. The normalized spacial score (nSPS) is 12.0. The van der Waals surface area contributed by atoms with Crippen molar-refractivity contribution in [2.45, 2.75) is 18.5 Å².